The van der Waals surface area contributed by atoms with Gasteiger partial charge in [-0.05, 0) is 111 Å². The summed E-state index contributed by atoms with van der Waals surface area (Å²) in [5, 5.41) is 0. The van der Waals surface area contributed by atoms with Crippen molar-refractivity contribution in [3.8, 4) is 5.75 Å². The van der Waals surface area contributed by atoms with Gasteiger partial charge in [-0.15, -0.1) is 0 Å². The molecule has 3 aliphatic carbocycles. The number of ether oxygens (including phenoxy) is 1. The van der Waals surface area contributed by atoms with Crippen LogP contribution in [0.1, 0.15) is 82.6 Å². The number of hydrogen-bond donors (Lipinski definition) is 0. The van der Waals surface area contributed by atoms with E-state index in [0.717, 1.165) is 41.3 Å². The lowest BCUT2D eigenvalue weighted by atomic mass is 9.61. The van der Waals surface area contributed by atoms with Gasteiger partial charge in [0.05, 0.1) is 7.11 Å². The van der Waals surface area contributed by atoms with Crippen LogP contribution in [0.2, 0.25) is 0 Å². The summed E-state index contributed by atoms with van der Waals surface area (Å²) in [6.07, 6.45) is 14.9. The van der Waals surface area contributed by atoms with Crippen LogP contribution >= 0.6 is 0 Å². The standard InChI is InChI=1S/C24H36O/c1-17-3-4-23-16-22(10-9-21(23)15-17)20-7-5-18(6-8-20)19-11-13-24(25-2)14-12-19/h11-14,17-18,20-23H,3-10,15-16H2,1-2H3. The molecular formula is C24H36O. The van der Waals surface area contributed by atoms with Crippen molar-refractivity contribution in [1.29, 1.82) is 0 Å². The number of benzene rings is 1. The zero-order valence-electron chi connectivity index (χ0n) is 16.3. The Morgan fingerprint density at radius 2 is 1.24 bits per heavy atom. The second-order valence-electron chi connectivity index (χ2n) is 9.40. The molecule has 4 rings (SSSR count). The van der Waals surface area contributed by atoms with Gasteiger partial charge in [-0.25, -0.2) is 0 Å². The first-order valence-electron chi connectivity index (χ1n) is 10.9. The Balaban J connectivity index is 1.30. The molecule has 0 heterocycles. The van der Waals surface area contributed by atoms with E-state index in [0.29, 0.717) is 0 Å². The van der Waals surface area contributed by atoms with E-state index >= 15 is 0 Å². The van der Waals surface area contributed by atoms with Crippen LogP contribution in [0, 0.1) is 29.6 Å². The van der Waals surface area contributed by atoms with E-state index in [4.69, 9.17) is 4.74 Å². The molecule has 0 radical (unpaired) electrons. The third kappa shape index (κ3) is 3.91. The third-order valence-electron chi connectivity index (χ3n) is 7.94. The van der Waals surface area contributed by atoms with Gasteiger partial charge in [-0.2, -0.15) is 0 Å². The highest BCUT2D eigenvalue weighted by Gasteiger charge is 2.38. The number of hydrogen-bond acceptors (Lipinski definition) is 1. The predicted octanol–water partition coefficient (Wildman–Crippen LogP) is 6.82. The molecule has 138 valence electrons. The Morgan fingerprint density at radius 3 is 1.92 bits per heavy atom. The van der Waals surface area contributed by atoms with Gasteiger partial charge in [-0.1, -0.05) is 25.5 Å². The van der Waals surface area contributed by atoms with Crippen molar-refractivity contribution in [3.05, 3.63) is 29.8 Å². The van der Waals surface area contributed by atoms with Crippen molar-refractivity contribution in [1.82, 2.24) is 0 Å². The van der Waals surface area contributed by atoms with Crippen LogP contribution in [-0.4, -0.2) is 7.11 Å². The number of rotatable bonds is 3. The average Bonchev–Trinajstić information content (AvgIpc) is 2.68. The molecule has 25 heavy (non-hydrogen) atoms. The number of methoxy groups -OCH3 is 1. The van der Waals surface area contributed by atoms with Crippen LogP contribution in [0.25, 0.3) is 0 Å². The summed E-state index contributed by atoms with van der Waals surface area (Å²) >= 11 is 0. The fourth-order valence-electron chi connectivity index (χ4n) is 6.39. The molecule has 0 amide bonds. The van der Waals surface area contributed by atoms with E-state index in [1.807, 2.05) is 0 Å². The normalized spacial score (nSPS) is 38.8. The van der Waals surface area contributed by atoms with E-state index in [2.05, 4.69) is 31.2 Å². The molecule has 0 N–H and O–H groups in total. The Bertz CT molecular complexity index is 540. The lowest BCUT2D eigenvalue weighted by Crippen LogP contribution is -2.34. The Labute approximate surface area is 154 Å². The van der Waals surface area contributed by atoms with Gasteiger partial charge in [0.1, 0.15) is 5.75 Å². The second-order valence-corrected chi connectivity index (χ2v) is 9.40. The van der Waals surface area contributed by atoms with Gasteiger partial charge in [0, 0.05) is 0 Å². The Hall–Kier alpha value is -0.980. The molecule has 3 fully saturated rings. The topological polar surface area (TPSA) is 9.23 Å². The average molecular weight is 341 g/mol. The molecule has 1 heteroatoms. The summed E-state index contributed by atoms with van der Waals surface area (Å²) in [4.78, 5) is 0. The van der Waals surface area contributed by atoms with E-state index in [1.54, 1.807) is 13.5 Å². The quantitative estimate of drug-likeness (QED) is 0.586. The van der Waals surface area contributed by atoms with Crippen molar-refractivity contribution >= 4 is 0 Å². The third-order valence-corrected chi connectivity index (χ3v) is 7.94. The fourth-order valence-corrected chi connectivity index (χ4v) is 6.39. The van der Waals surface area contributed by atoms with Crippen LogP contribution in [-0.2, 0) is 0 Å². The van der Waals surface area contributed by atoms with E-state index in [1.165, 1.54) is 63.4 Å². The van der Waals surface area contributed by atoms with Gasteiger partial charge in [0.25, 0.3) is 0 Å². The minimum atomic E-state index is 0.786. The van der Waals surface area contributed by atoms with Crippen LogP contribution in [0.3, 0.4) is 0 Å². The molecule has 0 aliphatic heterocycles. The first-order chi connectivity index (χ1) is 12.2. The maximum Gasteiger partial charge on any atom is 0.118 e. The summed E-state index contributed by atoms with van der Waals surface area (Å²) in [5.41, 5.74) is 1.53. The van der Waals surface area contributed by atoms with Crippen LogP contribution < -0.4 is 4.74 Å². The lowest BCUT2D eigenvalue weighted by molar-refractivity contribution is 0.0672. The SMILES string of the molecule is COc1ccc(C2CCC(C3CCC4CC(C)CCC4C3)CC2)cc1. The maximum atomic E-state index is 5.30. The fraction of sp³-hybridized carbons (Fsp3) is 0.750. The number of fused-ring (bicyclic) bond motifs is 1. The molecule has 1 aromatic carbocycles. The van der Waals surface area contributed by atoms with Crippen molar-refractivity contribution in [2.45, 2.75) is 77.0 Å². The molecule has 4 atom stereocenters. The van der Waals surface area contributed by atoms with Crippen molar-refractivity contribution in [2.75, 3.05) is 7.11 Å². The van der Waals surface area contributed by atoms with E-state index in [9.17, 15) is 0 Å². The molecule has 1 nitrogen and oxygen atoms in total. The van der Waals surface area contributed by atoms with Gasteiger partial charge >= 0.3 is 0 Å². The van der Waals surface area contributed by atoms with Crippen molar-refractivity contribution in [2.24, 2.45) is 29.6 Å². The minimum absolute atomic E-state index is 0.786. The van der Waals surface area contributed by atoms with Crippen LogP contribution in [0.4, 0.5) is 0 Å². The zero-order valence-corrected chi connectivity index (χ0v) is 16.3. The molecule has 3 aliphatic rings. The second kappa shape index (κ2) is 7.72. The smallest absolute Gasteiger partial charge is 0.118 e. The van der Waals surface area contributed by atoms with E-state index < -0.39 is 0 Å². The van der Waals surface area contributed by atoms with Crippen molar-refractivity contribution in [3.63, 3.8) is 0 Å². The highest BCUT2D eigenvalue weighted by atomic mass is 16.5. The Kier molecular flexibility index (Phi) is 5.39. The largest absolute Gasteiger partial charge is 0.497 e. The summed E-state index contributed by atoms with van der Waals surface area (Å²) in [5.74, 6) is 6.99. The van der Waals surface area contributed by atoms with Gasteiger partial charge < -0.3 is 4.74 Å². The first-order valence-corrected chi connectivity index (χ1v) is 10.9. The van der Waals surface area contributed by atoms with Gasteiger partial charge in [-0.3, -0.25) is 0 Å². The molecule has 1 aromatic rings. The lowest BCUT2D eigenvalue weighted by Gasteiger charge is -2.45. The molecule has 4 unspecified atom stereocenters. The molecule has 0 aromatic heterocycles. The highest BCUT2D eigenvalue weighted by molar-refractivity contribution is 5.29. The minimum Gasteiger partial charge on any atom is -0.497 e. The summed E-state index contributed by atoms with van der Waals surface area (Å²) in [6, 6.07) is 8.84. The van der Waals surface area contributed by atoms with Crippen LogP contribution in [0.15, 0.2) is 24.3 Å². The molecule has 0 bridgehead atoms. The molecular weight excluding hydrogens is 304 g/mol. The van der Waals surface area contributed by atoms with Gasteiger partial charge in [0.15, 0.2) is 0 Å². The monoisotopic (exact) mass is 340 g/mol. The first kappa shape index (κ1) is 17.4. The Morgan fingerprint density at radius 1 is 0.680 bits per heavy atom. The van der Waals surface area contributed by atoms with Gasteiger partial charge in [0.2, 0.25) is 0 Å². The molecule has 0 saturated heterocycles. The molecule has 0 spiro atoms. The molecule has 3 saturated carbocycles. The van der Waals surface area contributed by atoms with Crippen LogP contribution in [0.5, 0.6) is 5.75 Å². The summed E-state index contributed by atoms with van der Waals surface area (Å²) < 4.78 is 5.30. The predicted molar refractivity (Wildman–Crippen MR) is 105 cm³/mol. The summed E-state index contributed by atoms with van der Waals surface area (Å²) in [6.45, 7) is 2.47. The zero-order chi connectivity index (χ0) is 17.2. The summed E-state index contributed by atoms with van der Waals surface area (Å²) in [7, 11) is 1.75. The highest BCUT2D eigenvalue weighted by Crippen LogP contribution is 2.49. The maximum absolute atomic E-state index is 5.30. The van der Waals surface area contributed by atoms with E-state index in [-0.39, 0.29) is 0 Å². The van der Waals surface area contributed by atoms with Crippen molar-refractivity contribution < 1.29 is 4.74 Å².